The molecule has 0 saturated carbocycles. The summed E-state index contributed by atoms with van der Waals surface area (Å²) in [5.41, 5.74) is -7.17. The van der Waals surface area contributed by atoms with Crippen molar-refractivity contribution in [2.45, 2.75) is 137 Å². The summed E-state index contributed by atoms with van der Waals surface area (Å²) in [6.07, 6.45) is -4.59. The quantitative estimate of drug-likeness (QED) is 0.0218. The van der Waals surface area contributed by atoms with Crippen molar-refractivity contribution in [1.82, 2.24) is 14.2 Å². The molecular formula is C92H90BrClF16N8O18S6. The number of hydrogen-bond donors (Lipinski definition) is 8. The first-order valence-electron chi connectivity index (χ1n) is 41.3. The molecule has 142 heavy (non-hydrogen) atoms. The number of anilines is 5. The maximum Gasteiger partial charge on any atom is 0.419 e. The topological polar surface area (TPSA) is 380 Å². The van der Waals surface area contributed by atoms with Crippen molar-refractivity contribution >= 4 is 149 Å². The van der Waals surface area contributed by atoms with Crippen LogP contribution in [0.25, 0.3) is 0 Å². The van der Waals surface area contributed by atoms with E-state index in [0.29, 0.717) is 42.9 Å². The number of rotatable bonds is 23. The molecule has 1 atom stereocenters. The Hall–Kier alpha value is -10.9. The molecule has 0 radical (unpaired) electrons. The number of amides is 5. The third-order valence-corrected chi connectivity index (χ3v) is 31.1. The Morgan fingerprint density at radius 1 is 0.373 bits per heavy atom. The van der Waals surface area contributed by atoms with Crippen LogP contribution in [0.5, 0.6) is 0 Å². The lowest BCUT2D eigenvalue weighted by atomic mass is 9.92. The van der Waals surface area contributed by atoms with E-state index >= 15 is 0 Å². The number of hydrogen-bond acceptors (Lipinski definition) is 18. The lowest BCUT2D eigenvalue weighted by molar-refractivity contribution is -0.140. The predicted octanol–water partition coefficient (Wildman–Crippen LogP) is 19.1. The van der Waals surface area contributed by atoms with Crippen LogP contribution >= 0.6 is 41.0 Å². The lowest BCUT2D eigenvalue weighted by Gasteiger charge is -2.37. The molecule has 10 aromatic carbocycles. The van der Waals surface area contributed by atoms with Gasteiger partial charge in [-0.3, -0.25) is 24.0 Å². The molecule has 5 amide bonds. The van der Waals surface area contributed by atoms with Gasteiger partial charge in [0.15, 0.2) is 60.4 Å². The smallest absolute Gasteiger partial charge is 0.380 e. The Bertz CT molecular complexity index is 7020. The molecule has 3 saturated heterocycles. The van der Waals surface area contributed by atoms with Crippen LogP contribution in [0.3, 0.4) is 0 Å². The van der Waals surface area contributed by atoms with Gasteiger partial charge in [-0.1, -0.05) is 37.6 Å². The van der Waals surface area contributed by atoms with Gasteiger partial charge in [0.05, 0.1) is 91.6 Å². The predicted molar refractivity (Wildman–Crippen MR) is 502 cm³/mol. The van der Waals surface area contributed by atoms with E-state index in [0.717, 1.165) is 84.9 Å². The van der Waals surface area contributed by atoms with E-state index in [1.807, 2.05) is 5.32 Å². The van der Waals surface area contributed by atoms with E-state index in [2.05, 4.69) is 51.4 Å². The fourth-order valence-electron chi connectivity index (χ4n) is 13.5. The molecule has 8 N–H and O–H groups in total. The molecule has 0 bridgehead atoms. The van der Waals surface area contributed by atoms with Crippen LogP contribution in [0.4, 0.5) is 98.7 Å². The number of carbonyl (C=O) groups is 5. The molecule has 3 aliphatic rings. The molecule has 3 aliphatic heterocycles. The standard InChI is InChI=1S/C19H15BrF5NO4S.C19H22F2N2O3S.C18H15ClF3NO4S.C18H17F3N2O4S.C18H19F3N2O3S.H2S/c1-18(7-30-8-18)9-31(28,29)14-5-4-13(22)15(16(14)20)17(27)26-10-2-3-12(21)11(6-10)19(23,24)25;1-11-6-9-15(27(25,26)23-19(3,4)5)17(21)16(11)18(24)22-13-7-8-14(20)12(2)10-13;1-18(7-27-8-18)9-28(25,26)14-5-4-12(21)15(16(14)19)17(24)23-10-2-3-11(20)13(22)6-10;1-10-8-11(2-3-13(10)19)22-18(24)16-14(20)4-5-15(17(16)21)28(25,26)23-12-6-7-27-9-12;1-10-5-8-14(27(25,26)23-18(2,3)4)16(21)15(10)17(24)22-11-6-7-12(19)13(20)9-11;/h2-6H,7-9H2,1H3,(H,26,27);6-10,23H,1-5H3,(H,22,24);2-6H,7-9H2,1H3,(H,23,24);2-5,8,12,23H,6-7,9H2,1H3,(H,22,24);5-9,23H,1-4H3,(H,22,24);1H2/t;;;12-;;/m...0../s1. The zero-order chi connectivity index (χ0) is 105. The minimum absolute atomic E-state index is 0. The van der Waals surface area contributed by atoms with Gasteiger partial charge in [0.1, 0.15) is 55.2 Å². The molecule has 0 unspecified atom stereocenters. The molecule has 0 aromatic heterocycles. The Morgan fingerprint density at radius 3 is 1.05 bits per heavy atom. The Kier molecular flexibility index (Phi) is 37.7. The van der Waals surface area contributed by atoms with Gasteiger partial charge in [-0.25, -0.2) is 113 Å². The van der Waals surface area contributed by atoms with Crippen LogP contribution in [0, 0.1) is 114 Å². The highest BCUT2D eigenvalue weighted by Gasteiger charge is 2.43. The second-order valence-electron chi connectivity index (χ2n) is 35.0. The number of sulfonamides is 3. The summed E-state index contributed by atoms with van der Waals surface area (Å²) in [5.74, 6) is -20.2. The number of carbonyl (C=O) groups excluding carboxylic acids is 5. The van der Waals surface area contributed by atoms with Crippen LogP contribution in [0.2, 0.25) is 5.02 Å². The molecule has 0 aliphatic carbocycles. The largest absolute Gasteiger partial charge is 0.419 e. The molecule has 13 rings (SSSR count). The number of nitrogens with one attached hydrogen (secondary N) is 8. The zero-order valence-corrected chi connectivity index (χ0v) is 84.0. The summed E-state index contributed by atoms with van der Waals surface area (Å²) in [4.78, 5) is 59.5. The van der Waals surface area contributed by atoms with Gasteiger partial charge in [0.25, 0.3) is 29.5 Å². The second-order valence-corrected chi connectivity index (χ2v) is 45.1. The first kappa shape index (κ1) is 116. The van der Waals surface area contributed by atoms with Crippen LogP contribution in [-0.4, -0.2) is 140 Å². The average molecular weight is 2210 g/mol. The lowest BCUT2D eigenvalue weighted by Crippen LogP contribution is -2.45. The molecule has 26 nitrogen and oxygen atoms in total. The van der Waals surface area contributed by atoms with Crippen LogP contribution < -0.4 is 40.8 Å². The maximum atomic E-state index is 15.0. The SMILES string of the molecule is CC1(CS(=O)(=O)c2ccc(F)c(C(=O)Nc3ccc(F)c(C(F)(F)F)c3)c2Br)COC1.CC1(CS(=O)(=O)c2ccc(F)c(C(=O)Nc3ccc(F)c(F)c3)c2Cl)COC1.Cc1cc(NC(=O)c2c(C)ccc(S(=O)(=O)NC(C)(C)C)c2F)ccc1F.Cc1cc(NC(=O)c2c(F)ccc(S(=O)(=O)N[C@H]3CCOC3)c2F)ccc1F.Cc1ccc(S(=O)(=O)NC(C)(C)C)c(F)c1C(=O)Nc1ccc(F)c(F)c1.S. The van der Waals surface area contributed by atoms with Crippen molar-refractivity contribution in [1.29, 1.82) is 0 Å². The third kappa shape index (κ3) is 29.7. The van der Waals surface area contributed by atoms with E-state index in [4.69, 9.17) is 25.8 Å². The van der Waals surface area contributed by atoms with E-state index in [1.54, 1.807) is 55.4 Å². The Morgan fingerprint density at radius 2 is 0.683 bits per heavy atom. The van der Waals surface area contributed by atoms with Gasteiger partial charge in [0.2, 0.25) is 30.1 Å². The van der Waals surface area contributed by atoms with E-state index in [-0.39, 0.29) is 117 Å². The van der Waals surface area contributed by atoms with Crippen molar-refractivity contribution in [2.24, 2.45) is 10.8 Å². The van der Waals surface area contributed by atoms with Crippen molar-refractivity contribution < 1.29 is 151 Å². The van der Waals surface area contributed by atoms with Crippen molar-refractivity contribution in [2.75, 3.05) is 77.7 Å². The summed E-state index contributed by atoms with van der Waals surface area (Å²) < 4.78 is 366. The minimum Gasteiger partial charge on any atom is -0.380 e. The zero-order valence-electron chi connectivity index (χ0n) is 76.6. The van der Waals surface area contributed by atoms with E-state index in [9.17, 15) is 136 Å². The summed E-state index contributed by atoms with van der Waals surface area (Å²) in [7, 11) is -20.6. The third-order valence-electron chi connectivity index (χ3n) is 20.2. The van der Waals surface area contributed by atoms with Gasteiger partial charge in [-0.15, -0.1) is 0 Å². The number of aryl methyl sites for hydroxylation is 4. The van der Waals surface area contributed by atoms with Gasteiger partial charge < -0.3 is 40.8 Å². The first-order valence-corrected chi connectivity index (χ1v) is 50.2. The Labute approximate surface area is 826 Å². The van der Waals surface area contributed by atoms with Crippen molar-refractivity contribution in [3.8, 4) is 0 Å². The molecule has 768 valence electrons. The highest BCUT2D eigenvalue weighted by Crippen LogP contribution is 2.40. The number of halogens is 18. The number of ether oxygens (including phenoxy) is 3. The normalized spacial score (nSPS) is 14.5. The monoisotopic (exact) mass is 2200 g/mol. The van der Waals surface area contributed by atoms with Crippen LogP contribution in [0.1, 0.15) is 141 Å². The molecule has 0 spiro atoms. The summed E-state index contributed by atoms with van der Waals surface area (Å²) in [5, 5.41) is 10.6. The highest BCUT2D eigenvalue weighted by atomic mass is 79.9. The van der Waals surface area contributed by atoms with Crippen LogP contribution in [-0.2, 0) is 70.1 Å². The maximum absolute atomic E-state index is 15.0. The van der Waals surface area contributed by atoms with Crippen LogP contribution in [0.15, 0.2) is 181 Å². The van der Waals surface area contributed by atoms with Gasteiger partial charge in [-0.05, 0) is 241 Å². The molecule has 3 fully saturated rings. The summed E-state index contributed by atoms with van der Waals surface area (Å²) in [6.45, 7) is 20.5. The van der Waals surface area contributed by atoms with Gasteiger partial charge in [-0.2, -0.15) is 26.7 Å². The second kappa shape index (κ2) is 46.0. The average Bonchev–Trinajstić information content (AvgIpc) is 0.994. The van der Waals surface area contributed by atoms with Gasteiger partial charge >= 0.3 is 6.18 Å². The van der Waals surface area contributed by atoms with Crippen molar-refractivity contribution in [3.63, 3.8) is 0 Å². The number of benzene rings is 10. The molecule has 3 heterocycles. The van der Waals surface area contributed by atoms with Gasteiger partial charge in [0, 0.05) is 75.1 Å². The van der Waals surface area contributed by atoms with E-state index < -0.39 is 242 Å². The molecular weight excluding hydrogens is 2120 g/mol. The molecule has 10 aromatic rings. The minimum atomic E-state index is -5.01. The first-order chi connectivity index (χ1) is 65.1. The fraction of sp³-hybridized carbons (Fsp3) is 0.293. The summed E-state index contributed by atoms with van der Waals surface area (Å²) in [6, 6.07) is 23.8. The van der Waals surface area contributed by atoms with E-state index in [1.165, 1.54) is 70.2 Å². The number of sulfone groups is 2. The number of alkyl halides is 3. The molecule has 50 heteroatoms. The summed E-state index contributed by atoms with van der Waals surface area (Å²) >= 11 is 9.00. The highest BCUT2D eigenvalue weighted by molar-refractivity contribution is 9.10. The fourth-order valence-corrected chi connectivity index (χ4v) is 23.5. The Balaban J connectivity index is 0.000000217. The van der Waals surface area contributed by atoms with Crippen molar-refractivity contribution in [3.05, 3.63) is 292 Å².